The van der Waals surface area contributed by atoms with Crippen LogP contribution in [0.4, 0.5) is 0 Å². The molecular weight excluding hydrogens is 303 g/mol. The fourth-order valence-corrected chi connectivity index (χ4v) is 3.74. The van der Waals surface area contributed by atoms with E-state index in [1.54, 1.807) is 14.2 Å². The molecule has 0 aliphatic rings. The Hall–Kier alpha value is -1.44. The van der Waals surface area contributed by atoms with E-state index in [0.717, 1.165) is 22.1 Å². The van der Waals surface area contributed by atoms with Crippen LogP contribution in [0.25, 0.3) is 0 Å². The number of hydrogen-bond donors (Lipinski definition) is 0. The van der Waals surface area contributed by atoms with Crippen molar-refractivity contribution in [2.75, 3.05) is 14.2 Å². The normalized spacial score (nSPS) is 10.2. The topological polar surface area (TPSA) is 18.5 Å². The second-order valence-corrected chi connectivity index (χ2v) is 6.26. The van der Waals surface area contributed by atoms with E-state index >= 15 is 0 Å². The van der Waals surface area contributed by atoms with E-state index in [1.165, 1.54) is 11.1 Å². The van der Waals surface area contributed by atoms with Crippen molar-refractivity contribution in [2.24, 2.45) is 0 Å². The molecule has 2 rings (SSSR count). The van der Waals surface area contributed by atoms with Gasteiger partial charge in [-0.15, -0.1) is 0 Å². The van der Waals surface area contributed by atoms with Crippen molar-refractivity contribution >= 4 is 15.0 Å². The Kier molecular flexibility index (Phi) is 5.31. The van der Waals surface area contributed by atoms with Gasteiger partial charge >= 0.3 is 120 Å². The Morgan fingerprint density at radius 3 is 1.37 bits per heavy atom. The fraction of sp³-hybridized carbons (Fsp3) is 0.250. The van der Waals surface area contributed by atoms with Gasteiger partial charge in [-0.3, -0.25) is 0 Å². The summed E-state index contributed by atoms with van der Waals surface area (Å²) in [5.41, 5.74) is 2.77. The van der Waals surface area contributed by atoms with Crippen LogP contribution in [0, 0.1) is 0 Å². The van der Waals surface area contributed by atoms with Crippen molar-refractivity contribution in [1.82, 2.24) is 0 Å². The van der Waals surface area contributed by atoms with Crippen molar-refractivity contribution in [1.29, 1.82) is 0 Å². The Bertz CT molecular complexity index is 444. The number of benzene rings is 2. The maximum absolute atomic E-state index is 5.16. The summed E-state index contributed by atoms with van der Waals surface area (Å²) in [6.07, 6.45) is 0. The van der Waals surface area contributed by atoms with Crippen LogP contribution in [0.1, 0.15) is 11.1 Å². The Morgan fingerprint density at radius 2 is 1.05 bits per heavy atom. The molecule has 0 aliphatic carbocycles. The molecule has 0 saturated carbocycles. The molecule has 0 aromatic heterocycles. The predicted molar refractivity (Wildman–Crippen MR) is 79.2 cm³/mol. The zero-order chi connectivity index (χ0) is 13.5. The summed E-state index contributed by atoms with van der Waals surface area (Å²) < 4.78 is 10.3. The molecule has 0 heterocycles. The van der Waals surface area contributed by atoms with Gasteiger partial charge in [0.2, 0.25) is 0 Å². The van der Waals surface area contributed by atoms with E-state index in [4.69, 9.17) is 9.47 Å². The van der Waals surface area contributed by atoms with Crippen molar-refractivity contribution < 1.29 is 9.47 Å². The molecular formula is C16H18O2Se. The number of hydrogen-bond acceptors (Lipinski definition) is 2. The Labute approximate surface area is 120 Å². The van der Waals surface area contributed by atoms with Gasteiger partial charge < -0.3 is 0 Å². The second kappa shape index (κ2) is 7.22. The minimum absolute atomic E-state index is 0.586. The van der Waals surface area contributed by atoms with Gasteiger partial charge in [0.05, 0.1) is 0 Å². The molecule has 2 aromatic rings. The number of ether oxygens (including phenoxy) is 2. The van der Waals surface area contributed by atoms with Gasteiger partial charge in [0, 0.05) is 0 Å². The van der Waals surface area contributed by atoms with E-state index in [9.17, 15) is 0 Å². The summed E-state index contributed by atoms with van der Waals surface area (Å²) in [6.45, 7) is 0. The molecule has 19 heavy (non-hydrogen) atoms. The van der Waals surface area contributed by atoms with Crippen LogP contribution >= 0.6 is 0 Å². The third-order valence-electron chi connectivity index (χ3n) is 2.86. The maximum atomic E-state index is 5.16. The van der Waals surface area contributed by atoms with Gasteiger partial charge in [-0.1, -0.05) is 0 Å². The average molecular weight is 321 g/mol. The quantitative estimate of drug-likeness (QED) is 0.761. The van der Waals surface area contributed by atoms with E-state index < -0.39 is 0 Å². The minimum atomic E-state index is 0.586. The van der Waals surface area contributed by atoms with E-state index in [0.29, 0.717) is 15.0 Å². The van der Waals surface area contributed by atoms with Gasteiger partial charge in [-0.2, -0.15) is 0 Å². The zero-order valence-electron chi connectivity index (χ0n) is 11.3. The van der Waals surface area contributed by atoms with Crippen molar-refractivity contribution in [3.8, 4) is 11.5 Å². The first kappa shape index (κ1) is 14.0. The standard InChI is InChI=1S/C16H18O2Se/c1-17-15-7-3-13(4-8-15)11-19-12-14-5-9-16(18-2)10-6-14/h3-10H,11-12H2,1-2H3. The Morgan fingerprint density at radius 1 is 0.684 bits per heavy atom. The molecule has 0 saturated heterocycles. The predicted octanol–water partition coefficient (Wildman–Crippen LogP) is 3.11. The molecule has 0 aliphatic heterocycles. The molecule has 0 amide bonds. The van der Waals surface area contributed by atoms with E-state index in [-0.39, 0.29) is 0 Å². The van der Waals surface area contributed by atoms with Crippen molar-refractivity contribution in [2.45, 2.75) is 10.6 Å². The first-order valence-corrected chi connectivity index (χ1v) is 8.57. The van der Waals surface area contributed by atoms with Crippen LogP contribution < -0.4 is 9.47 Å². The van der Waals surface area contributed by atoms with Crippen LogP contribution in [-0.2, 0) is 10.6 Å². The summed E-state index contributed by atoms with van der Waals surface area (Å²) in [5, 5.41) is 2.31. The summed E-state index contributed by atoms with van der Waals surface area (Å²) >= 11 is 0.586. The zero-order valence-corrected chi connectivity index (χ0v) is 13.0. The fourth-order valence-electron chi connectivity index (χ4n) is 1.73. The van der Waals surface area contributed by atoms with E-state index in [1.807, 2.05) is 24.3 Å². The Balaban J connectivity index is 1.81. The molecule has 0 radical (unpaired) electrons. The van der Waals surface area contributed by atoms with Gasteiger partial charge in [0.15, 0.2) is 0 Å². The van der Waals surface area contributed by atoms with Crippen LogP contribution in [0.2, 0.25) is 0 Å². The summed E-state index contributed by atoms with van der Waals surface area (Å²) in [6, 6.07) is 16.7. The molecule has 2 nitrogen and oxygen atoms in total. The van der Waals surface area contributed by atoms with Crippen LogP contribution in [0.5, 0.6) is 11.5 Å². The molecule has 100 valence electrons. The van der Waals surface area contributed by atoms with Crippen LogP contribution in [-0.4, -0.2) is 29.2 Å². The summed E-state index contributed by atoms with van der Waals surface area (Å²) in [7, 11) is 3.39. The SMILES string of the molecule is COc1ccc(C[Se]Cc2ccc(OC)cc2)cc1. The van der Waals surface area contributed by atoms with Gasteiger partial charge in [-0.05, 0) is 0 Å². The molecule has 3 heteroatoms. The molecule has 0 unspecified atom stereocenters. The number of methoxy groups -OCH3 is 2. The molecule has 0 N–H and O–H groups in total. The third-order valence-corrected chi connectivity index (χ3v) is 5.11. The first-order valence-electron chi connectivity index (χ1n) is 6.15. The third kappa shape index (κ3) is 4.30. The van der Waals surface area contributed by atoms with Crippen molar-refractivity contribution in [3.05, 3.63) is 59.7 Å². The van der Waals surface area contributed by atoms with Gasteiger partial charge in [0.1, 0.15) is 0 Å². The monoisotopic (exact) mass is 322 g/mol. The summed E-state index contributed by atoms with van der Waals surface area (Å²) in [5.74, 6) is 1.85. The molecule has 0 spiro atoms. The van der Waals surface area contributed by atoms with Gasteiger partial charge in [-0.25, -0.2) is 0 Å². The first-order chi connectivity index (χ1) is 9.31. The van der Waals surface area contributed by atoms with E-state index in [2.05, 4.69) is 24.3 Å². The van der Waals surface area contributed by atoms with Gasteiger partial charge in [0.25, 0.3) is 0 Å². The second-order valence-electron chi connectivity index (χ2n) is 4.19. The summed E-state index contributed by atoms with van der Waals surface area (Å²) in [4.78, 5) is 0. The number of rotatable bonds is 6. The van der Waals surface area contributed by atoms with Crippen LogP contribution in [0.3, 0.4) is 0 Å². The molecule has 0 atom stereocenters. The molecule has 2 aromatic carbocycles. The van der Waals surface area contributed by atoms with Crippen LogP contribution in [0.15, 0.2) is 48.5 Å². The average Bonchev–Trinajstić information content (AvgIpc) is 2.49. The molecule has 0 bridgehead atoms. The molecule has 0 fully saturated rings. The van der Waals surface area contributed by atoms with Crippen molar-refractivity contribution in [3.63, 3.8) is 0 Å².